The number of hydrogen-bond donors (Lipinski definition) is 2. The summed E-state index contributed by atoms with van der Waals surface area (Å²) in [4.78, 5) is 10.8. The van der Waals surface area contributed by atoms with E-state index in [1.54, 1.807) is 12.1 Å². The Kier molecular flexibility index (Phi) is 6.85. The van der Waals surface area contributed by atoms with Crippen LogP contribution in [0.25, 0.3) is 0 Å². The minimum Gasteiger partial charge on any atom is -0.469 e. The fourth-order valence-corrected chi connectivity index (χ4v) is 4.51. The van der Waals surface area contributed by atoms with Gasteiger partial charge in [0.15, 0.2) is 0 Å². The summed E-state index contributed by atoms with van der Waals surface area (Å²) in [6, 6.07) is 7.33. The van der Waals surface area contributed by atoms with Gasteiger partial charge in [0.2, 0.25) is 10.0 Å². The van der Waals surface area contributed by atoms with Crippen LogP contribution in [0.15, 0.2) is 45.9 Å². The third kappa shape index (κ3) is 5.12. The highest BCUT2D eigenvalue weighted by Crippen LogP contribution is 2.29. The molecule has 10 nitrogen and oxygen atoms in total. The molecule has 1 aliphatic rings. The first-order chi connectivity index (χ1) is 13.9. The topological polar surface area (TPSA) is 135 Å². The van der Waals surface area contributed by atoms with Gasteiger partial charge in [-0.15, -0.1) is 0 Å². The van der Waals surface area contributed by atoms with Crippen molar-refractivity contribution in [2.24, 2.45) is 5.92 Å². The van der Waals surface area contributed by atoms with Crippen molar-refractivity contribution >= 4 is 21.4 Å². The Bertz CT molecular complexity index is 925. The van der Waals surface area contributed by atoms with Crippen molar-refractivity contribution in [3.05, 3.63) is 52.5 Å². The largest absolute Gasteiger partial charge is 0.469 e. The molecule has 1 fully saturated rings. The summed E-state index contributed by atoms with van der Waals surface area (Å²) in [5.74, 6) is 0.477. The molecule has 0 amide bonds. The maximum absolute atomic E-state index is 12.7. The highest BCUT2D eigenvalue weighted by atomic mass is 32.2. The molecule has 158 valence electrons. The molecule has 11 heteroatoms. The monoisotopic (exact) mass is 425 g/mol. The Balaban J connectivity index is 1.76. The summed E-state index contributed by atoms with van der Waals surface area (Å²) in [5, 5.41) is 24.0. The Hall–Kier alpha value is -2.47. The van der Waals surface area contributed by atoms with E-state index in [2.05, 4.69) is 5.32 Å². The molecule has 29 heavy (non-hydrogen) atoms. The van der Waals surface area contributed by atoms with Crippen LogP contribution >= 0.6 is 0 Å². The molecule has 1 saturated heterocycles. The van der Waals surface area contributed by atoms with Crippen LogP contribution < -0.4 is 5.32 Å². The van der Waals surface area contributed by atoms with E-state index in [4.69, 9.17) is 9.15 Å². The summed E-state index contributed by atoms with van der Waals surface area (Å²) in [6.07, 6.45) is 2.00. The molecule has 0 aliphatic carbocycles. The molecule has 2 aromatic rings. The number of anilines is 1. The summed E-state index contributed by atoms with van der Waals surface area (Å²) < 4.78 is 37.2. The van der Waals surface area contributed by atoms with E-state index < -0.39 is 14.9 Å². The lowest BCUT2D eigenvalue weighted by molar-refractivity contribution is -0.384. The van der Waals surface area contributed by atoms with Crippen LogP contribution in [0.2, 0.25) is 0 Å². The minimum absolute atomic E-state index is 0.133. The number of rotatable bonds is 9. The average molecular weight is 425 g/mol. The van der Waals surface area contributed by atoms with E-state index in [1.807, 2.05) is 0 Å². The standard InChI is InChI=1S/C18H23N3O7S/c22-13-14(10-15-2-1-7-28-15)12-19-17-4-3-16(11-18(17)21(23)24)29(25,26)20-5-8-27-9-6-20/h1-4,7,11,14,19,22H,5-6,8-10,12-13H2/t14-/m1/s1. The predicted octanol–water partition coefficient (Wildman–Crippen LogP) is 1.47. The van der Waals surface area contributed by atoms with E-state index >= 15 is 0 Å². The number of nitrogens with one attached hydrogen (secondary N) is 1. The number of sulfonamides is 1. The number of furan rings is 1. The average Bonchev–Trinajstić information content (AvgIpc) is 3.24. The first-order valence-corrected chi connectivity index (χ1v) is 10.6. The van der Waals surface area contributed by atoms with Crippen molar-refractivity contribution in [3.8, 4) is 0 Å². The van der Waals surface area contributed by atoms with Crippen molar-refractivity contribution in [1.29, 1.82) is 0 Å². The van der Waals surface area contributed by atoms with Crippen molar-refractivity contribution < 1.29 is 27.6 Å². The highest BCUT2D eigenvalue weighted by molar-refractivity contribution is 7.89. The molecule has 1 atom stereocenters. The van der Waals surface area contributed by atoms with Gasteiger partial charge in [0.05, 0.1) is 29.3 Å². The van der Waals surface area contributed by atoms with Gasteiger partial charge in [0.25, 0.3) is 5.69 Å². The number of benzene rings is 1. The molecule has 0 spiro atoms. The van der Waals surface area contributed by atoms with E-state index in [-0.39, 0.29) is 48.4 Å². The lowest BCUT2D eigenvalue weighted by Gasteiger charge is -2.26. The van der Waals surface area contributed by atoms with Crippen molar-refractivity contribution in [1.82, 2.24) is 4.31 Å². The van der Waals surface area contributed by atoms with Crippen molar-refractivity contribution in [2.45, 2.75) is 11.3 Å². The van der Waals surface area contributed by atoms with Crippen LogP contribution in [0.4, 0.5) is 11.4 Å². The number of nitrogens with zero attached hydrogens (tertiary/aromatic N) is 2. The predicted molar refractivity (Wildman–Crippen MR) is 104 cm³/mol. The zero-order valence-electron chi connectivity index (χ0n) is 15.7. The quantitative estimate of drug-likeness (QED) is 0.455. The van der Waals surface area contributed by atoms with Crippen LogP contribution in [-0.2, 0) is 21.2 Å². The Labute approximate surface area is 168 Å². The molecule has 1 aromatic heterocycles. The number of nitro groups is 1. The van der Waals surface area contributed by atoms with Gasteiger partial charge in [-0.25, -0.2) is 8.42 Å². The second-order valence-electron chi connectivity index (χ2n) is 6.67. The van der Waals surface area contributed by atoms with Gasteiger partial charge < -0.3 is 19.6 Å². The maximum Gasteiger partial charge on any atom is 0.293 e. The molecule has 0 saturated carbocycles. The van der Waals surface area contributed by atoms with Crippen LogP contribution in [0.5, 0.6) is 0 Å². The first kappa shape index (κ1) is 21.2. The Morgan fingerprint density at radius 2 is 2.03 bits per heavy atom. The molecule has 1 aliphatic heterocycles. The molecule has 2 heterocycles. The SMILES string of the molecule is O=[N+]([O-])c1cc(S(=O)(=O)N2CCOCC2)ccc1NC[C@H](CO)Cc1ccco1. The summed E-state index contributed by atoms with van der Waals surface area (Å²) in [7, 11) is -3.84. The van der Waals surface area contributed by atoms with Crippen molar-refractivity contribution in [3.63, 3.8) is 0 Å². The van der Waals surface area contributed by atoms with Crippen LogP contribution in [0.1, 0.15) is 5.76 Å². The molecular formula is C18H23N3O7S. The van der Waals surface area contributed by atoms with E-state index in [0.29, 0.717) is 25.4 Å². The van der Waals surface area contributed by atoms with Gasteiger partial charge in [0, 0.05) is 44.6 Å². The van der Waals surface area contributed by atoms with Crippen LogP contribution in [0.3, 0.4) is 0 Å². The molecule has 0 bridgehead atoms. The molecule has 1 aromatic carbocycles. The van der Waals surface area contributed by atoms with Crippen LogP contribution in [-0.4, -0.2) is 62.2 Å². The third-order valence-corrected chi connectivity index (χ3v) is 6.58. The van der Waals surface area contributed by atoms with Gasteiger partial charge in [-0.3, -0.25) is 10.1 Å². The van der Waals surface area contributed by atoms with E-state index in [1.165, 1.54) is 22.7 Å². The second-order valence-corrected chi connectivity index (χ2v) is 8.60. The van der Waals surface area contributed by atoms with Gasteiger partial charge in [-0.05, 0) is 24.3 Å². The van der Waals surface area contributed by atoms with Crippen molar-refractivity contribution in [2.75, 3.05) is 44.8 Å². The number of aliphatic hydroxyl groups excluding tert-OH is 1. The normalized spacial score (nSPS) is 16.4. The smallest absolute Gasteiger partial charge is 0.293 e. The number of nitro benzene ring substituents is 1. The molecular weight excluding hydrogens is 402 g/mol. The molecule has 0 unspecified atom stereocenters. The number of hydrogen-bond acceptors (Lipinski definition) is 8. The first-order valence-electron chi connectivity index (χ1n) is 9.15. The van der Waals surface area contributed by atoms with Crippen LogP contribution in [0, 0.1) is 16.0 Å². The van der Waals surface area contributed by atoms with Gasteiger partial charge >= 0.3 is 0 Å². The molecule has 2 N–H and O–H groups in total. The zero-order valence-corrected chi connectivity index (χ0v) is 16.5. The van der Waals surface area contributed by atoms with Gasteiger partial charge in [-0.1, -0.05) is 0 Å². The highest BCUT2D eigenvalue weighted by Gasteiger charge is 2.29. The van der Waals surface area contributed by atoms with E-state index in [0.717, 1.165) is 6.07 Å². The molecule has 3 rings (SSSR count). The Morgan fingerprint density at radius 1 is 1.28 bits per heavy atom. The third-order valence-electron chi connectivity index (χ3n) is 4.68. The number of morpholine rings is 1. The summed E-state index contributed by atoms with van der Waals surface area (Å²) in [5.41, 5.74) is -0.150. The fraction of sp³-hybridized carbons (Fsp3) is 0.444. The zero-order chi connectivity index (χ0) is 20.9. The lowest BCUT2D eigenvalue weighted by atomic mass is 10.0. The maximum atomic E-state index is 12.7. The van der Waals surface area contributed by atoms with E-state index in [9.17, 15) is 23.6 Å². The Morgan fingerprint density at radius 3 is 2.66 bits per heavy atom. The van der Waals surface area contributed by atoms with Gasteiger partial charge in [0.1, 0.15) is 11.4 Å². The second kappa shape index (κ2) is 9.35. The number of ether oxygens (including phenoxy) is 1. The minimum atomic E-state index is -3.84. The number of aliphatic hydroxyl groups is 1. The summed E-state index contributed by atoms with van der Waals surface area (Å²) >= 11 is 0. The van der Waals surface area contributed by atoms with Gasteiger partial charge in [-0.2, -0.15) is 4.31 Å². The lowest BCUT2D eigenvalue weighted by Crippen LogP contribution is -2.40. The molecule has 0 radical (unpaired) electrons. The fourth-order valence-electron chi connectivity index (χ4n) is 3.08. The summed E-state index contributed by atoms with van der Waals surface area (Å²) in [6.45, 7) is 1.12.